The van der Waals surface area contributed by atoms with E-state index in [0.29, 0.717) is 26.1 Å². The third-order valence-corrected chi connectivity index (χ3v) is 3.63. The maximum Gasteiger partial charge on any atom is 0.305 e. The summed E-state index contributed by atoms with van der Waals surface area (Å²) in [4.78, 5) is 10.8. The molecule has 3 N–H and O–H groups in total. The van der Waals surface area contributed by atoms with Crippen molar-refractivity contribution in [3.8, 4) is 0 Å². The molecule has 146 valence electrons. The van der Waals surface area contributed by atoms with Crippen molar-refractivity contribution in [2.24, 2.45) is 0 Å². The van der Waals surface area contributed by atoms with Gasteiger partial charge in [-0.1, -0.05) is 71.6 Å². The van der Waals surface area contributed by atoms with Crippen LogP contribution in [0.25, 0.3) is 0 Å². The summed E-state index contributed by atoms with van der Waals surface area (Å²) in [5.74, 6) is -0.0686. The second kappa shape index (κ2) is 24.6. The van der Waals surface area contributed by atoms with Crippen molar-refractivity contribution in [1.82, 2.24) is 5.32 Å². The van der Waals surface area contributed by atoms with Crippen molar-refractivity contribution in [3.05, 3.63) is 0 Å². The van der Waals surface area contributed by atoms with Crippen LogP contribution < -0.4 is 5.32 Å². The number of rotatable bonds is 16. The minimum absolute atomic E-state index is 0.0686. The van der Waals surface area contributed by atoms with Crippen LogP contribution in [0.3, 0.4) is 0 Å². The van der Waals surface area contributed by atoms with E-state index in [2.05, 4.69) is 12.2 Å². The number of carbonyl (C=O) groups excluding carboxylic acids is 1. The molecule has 0 aliphatic rings. The number of hydrogen-bond donors (Lipinski definition) is 3. The number of hydrogen-bond acceptors (Lipinski definition) is 5. The van der Waals surface area contributed by atoms with E-state index in [1.165, 1.54) is 57.8 Å². The Balaban J connectivity index is 0. The average Bonchev–Trinajstić information content (AvgIpc) is 2.60. The van der Waals surface area contributed by atoms with E-state index in [-0.39, 0.29) is 19.2 Å². The third kappa shape index (κ3) is 26.3. The van der Waals surface area contributed by atoms with Gasteiger partial charge in [0.1, 0.15) is 0 Å². The maximum atomic E-state index is 10.8. The van der Waals surface area contributed by atoms with E-state index in [4.69, 9.17) is 14.9 Å². The van der Waals surface area contributed by atoms with Gasteiger partial charge in [0.05, 0.1) is 19.8 Å². The van der Waals surface area contributed by atoms with Gasteiger partial charge in [-0.05, 0) is 6.42 Å². The zero-order valence-electron chi connectivity index (χ0n) is 16.0. The molecule has 0 rings (SSSR count). The van der Waals surface area contributed by atoms with Crippen LogP contribution in [0.5, 0.6) is 0 Å². The fourth-order valence-electron chi connectivity index (χ4n) is 2.16. The molecule has 0 amide bonds. The quantitative estimate of drug-likeness (QED) is 0.294. The largest absolute Gasteiger partial charge is 0.466 e. The summed E-state index contributed by atoms with van der Waals surface area (Å²) in [5.41, 5.74) is 0. The van der Waals surface area contributed by atoms with Gasteiger partial charge in [-0.15, -0.1) is 0 Å². The van der Waals surface area contributed by atoms with Crippen molar-refractivity contribution < 1.29 is 19.7 Å². The minimum atomic E-state index is -0.0686. The van der Waals surface area contributed by atoms with Crippen molar-refractivity contribution in [3.63, 3.8) is 0 Å². The average molecular weight is 348 g/mol. The first-order valence-corrected chi connectivity index (χ1v) is 9.80. The van der Waals surface area contributed by atoms with Crippen molar-refractivity contribution in [2.45, 2.75) is 84.5 Å². The predicted octanol–water partition coefficient (Wildman–Crippen LogP) is 3.42. The molecule has 0 aliphatic carbocycles. The highest BCUT2D eigenvalue weighted by molar-refractivity contribution is 5.68. The van der Waals surface area contributed by atoms with E-state index in [1.807, 2.05) is 6.92 Å². The number of esters is 1. The zero-order chi connectivity index (χ0) is 18.3. The molecule has 0 saturated heterocycles. The molecule has 0 saturated carbocycles. The lowest BCUT2D eigenvalue weighted by Gasteiger charge is -2.03. The molecule has 0 aromatic heterocycles. The summed E-state index contributed by atoms with van der Waals surface area (Å²) in [6.45, 7) is 6.12. The Hall–Kier alpha value is -0.650. The molecule has 0 heterocycles. The number of ether oxygens (including phenoxy) is 1. The first-order chi connectivity index (χ1) is 11.7. The van der Waals surface area contributed by atoms with Gasteiger partial charge in [-0.25, -0.2) is 0 Å². The van der Waals surface area contributed by atoms with Crippen LogP contribution in [0.15, 0.2) is 0 Å². The minimum Gasteiger partial charge on any atom is -0.466 e. The van der Waals surface area contributed by atoms with E-state index < -0.39 is 0 Å². The lowest BCUT2D eigenvalue weighted by atomic mass is 10.1. The van der Waals surface area contributed by atoms with Gasteiger partial charge in [0.2, 0.25) is 0 Å². The van der Waals surface area contributed by atoms with Gasteiger partial charge >= 0.3 is 5.97 Å². The fraction of sp³-hybridized carbons (Fsp3) is 0.947. The van der Waals surface area contributed by atoms with Crippen LogP contribution >= 0.6 is 0 Å². The Morgan fingerprint density at radius 3 is 1.67 bits per heavy atom. The summed E-state index contributed by atoms with van der Waals surface area (Å²) in [7, 11) is 0. The molecule has 5 heteroatoms. The molecule has 0 spiro atoms. The Labute approximate surface area is 149 Å². The highest BCUT2D eigenvalue weighted by Gasteiger charge is 1.97. The summed E-state index contributed by atoms with van der Waals surface area (Å²) in [5, 5.41) is 19.1. The molecule has 0 bridgehead atoms. The summed E-state index contributed by atoms with van der Waals surface area (Å²) < 4.78 is 5.02. The Bertz CT molecular complexity index is 233. The van der Waals surface area contributed by atoms with E-state index >= 15 is 0 Å². The molecule has 0 aliphatic heterocycles. The smallest absolute Gasteiger partial charge is 0.305 e. The van der Waals surface area contributed by atoms with Gasteiger partial charge < -0.3 is 20.3 Å². The standard InChI is InChI=1S/C15H30O2.C4H11NO2/c1-3-5-6-7-8-9-10-11-12-13-14-17-15(16)4-2;6-3-1-5-2-4-7/h3-14H2,1-2H3;5-7H,1-4H2. The third-order valence-electron chi connectivity index (χ3n) is 3.63. The van der Waals surface area contributed by atoms with Gasteiger partial charge in [0.15, 0.2) is 0 Å². The number of nitrogens with one attached hydrogen (secondary N) is 1. The zero-order valence-corrected chi connectivity index (χ0v) is 16.0. The van der Waals surface area contributed by atoms with Crippen LogP contribution in [-0.2, 0) is 9.53 Å². The number of aliphatic hydroxyl groups is 2. The van der Waals surface area contributed by atoms with Gasteiger partial charge in [-0.2, -0.15) is 0 Å². The molecule has 0 aromatic carbocycles. The van der Waals surface area contributed by atoms with Crippen LogP contribution in [0, 0.1) is 0 Å². The Morgan fingerprint density at radius 1 is 0.792 bits per heavy atom. The fourth-order valence-corrected chi connectivity index (χ4v) is 2.16. The van der Waals surface area contributed by atoms with Gasteiger partial charge in [0.25, 0.3) is 0 Å². The highest BCUT2D eigenvalue weighted by atomic mass is 16.5. The molecular formula is C19H41NO4. The van der Waals surface area contributed by atoms with E-state index in [0.717, 1.165) is 6.42 Å². The summed E-state index contributed by atoms with van der Waals surface area (Å²) in [6, 6.07) is 0. The van der Waals surface area contributed by atoms with Crippen LogP contribution in [0.1, 0.15) is 84.5 Å². The second-order valence-electron chi connectivity index (χ2n) is 5.95. The van der Waals surface area contributed by atoms with Crippen molar-refractivity contribution in [1.29, 1.82) is 0 Å². The summed E-state index contributed by atoms with van der Waals surface area (Å²) >= 11 is 0. The first kappa shape index (κ1) is 25.6. The Morgan fingerprint density at radius 2 is 1.25 bits per heavy atom. The molecular weight excluding hydrogens is 306 g/mol. The number of unbranched alkanes of at least 4 members (excludes halogenated alkanes) is 9. The lowest BCUT2D eigenvalue weighted by molar-refractivity contribution is -0.143. The molecule has 0 fully saturated rings. The molecule has 0 unspecified atom stereocenters. The Kier molecular flexibility index (Phi) is 26.2. The molecule has 24 heavy (non-hydrogen) atoms. The SMILES string of the molecule is CCCCCCCCCCCCOC(=O)CC.OCCNCCO. The van der Waals surface area contributed by atoms with Gasteiger partial charge in [0, 0.05) is 19.5 Å². The highest BCUT2D eigenvalue weighted by Crippen LogP contribution is 2.10. The molecule has 0 atom stereocenters. The second-order valence-corrected chi connectivity index (χ2v) is 5.95. The predicted molar refractivity (Wildman–Crippen MR) is 100 cm³/mol. The van der Waals surface area contributed by atoms with Crippen LogP contribution in [0.2, 0.25) is 0 Å². The van der Waals surface area contributed by atoms with Crippen LogP contribution in [-0.4, -0.2) is 49.1 Å². The topological polar surface area (TPSA) is 78.8 Å². The number of aliphatic hydroxyl groups excluding tert-OH is 2. The monoisotopic (exact) mass is 347 g/mol. The lowest BCUT2D eigenvalue weighted by Crippen LogP contribution is -2.21. The van der Waals surface area contributed by atoms with Crippen LogP contribution in [0.4, 0.5) is 0 Å². The first-order valence-electron chi connectivity index (χ1n) is 9.80. The normalized spacial score (nSPS) is 10.2. The molecule has 5 nitrogen and oxygen atoms in total. The van der Waals surface area contributed by atoms with Gasteiger partial charge in [-0.3, -0.25) is 4.79 Å². The van der Waals surface area contributed by atoms with Crippen molar-refractivity contribution in [2.75, 3.05) is 32.9 Å². The summed E-state index contributed by atoms with van der Waals surface area (Å²) in [6.07, 6.45) is 13.7. The molecule has 0 aromatic rings. The molecule has 0 radical (unpaired) electrons. The number of carbonyl (C=O) groups is 1. The van der Waals surface area contributed by atoms with E-state index in [9.17, 15) is 4.79 Å². The van der Waals surface area contributed by atoms with E-state index in [1.54, 1.807) is 0 Å². The van der Waals surface area contributed by atoms with Crippen molar-refractivity contribution >= 4 is 5.97 Å². The maximum absolute atomic E-state index is 10.8.